The van der Waals surface area contributed by atoms with E-state index in [0.29, 0.717) is 0 Å². The van der Waals surface area contributed by atoms with Crippen LogP contribution in [0.2, 0.25) is 0 Å². The highest BCUT2D eigenvalue weighted by atomic mass is 32.2. The fraction of sp³-hybridized carbons (Fsp3) is 0.462. The van der Waals surface area contributed by atoms with Gasteiger partial charge >= 0.3 is 0 Å². The summed E-state index contributed by atoms with van der Waals surface area (Å²) in [6, 6.07) is 6.42. The molecule has 31 heavy (non-hydrogen) atoms. The van der Waals surface area contributed by atoms with Crippen molar-refractivity contribution in [3.63, 3.8) is 0 Å². The van der Waals surface area contributed by atoms with Gasteiger partial charge in [-0.2, -0.15) is 0 Å². The standard InChI is InChI=1S/C26H34N2O2S/c1-16-11-17(2)13-20(12-16)24-23(19(4)15-29)18(3)14-22(31-28-24)26(5,6)25(30)27-21-9-7-8-10-21/h11-14,19,28-29H,3,7-10,15H2,1-2,4-6H3/t19-/m1/s1. The third kappa shape index (κ3) is 5.21. The Morgan fingerprint density at radius 3 is 2.42 bits per heavy atom. The van der Waals surface area contributed by atoms with Crippen LogP contribution in [0.15, 0.2) is 51.9 Å². The van der Waals surface area contributed by atoms with Crippen molar-refractivity contribution in [1.82, 2.24) is 4.72 Å². The quantitative estimate of drug-likeness (QED) is 0.562. The van der Waals surface area contributed by atoms with Gasteiger partial charge in [0.25, 0.3) is 5.91 Å². The molecule has 1 aromatic rings. The van der Waals surface area contributed by atoms with Crippen molar-refractivity contribution >= 4 is 29.3 Å². The molecule has 1 aromatic carbocycles. The Hall–Kier alpha value is -2.11. The number of aliphatic hydroxyl groups is 1. The molecule has 0 spiro atoms. The van der Waals surface area contributed by atoms with E-state index in [2.05, 4.69) is 48.3 Å². The van der Waals surface area contributed by atoms with Crippen molar-refractivity contribution < 1.29 is 9.90 Å². The molecule has 0 bridgehead atoms. The number of hydrogen-bond acceptors (Lipinski definition) is 4. The summed E-state index contributed by atoms with van der Waals surface area (Å²) in [6.45, 7) is 14.4. The van der Waals surface area contributed by atoms with Gasteiger partial charge in [0.1, 0.15) is 0 Å². The molecular formula is C26H34N2O2S. The first-order valence-corrected chi connectivity index (χ1v) is 11.8. The topological polar surface area (TPSA) is 61.7 Å². The van der Waals surface area contributed by atoms with Crippen LogP contribution in [-0.2, 0) is 4.79 Å². The molecule has 3 rings (SSSR count). The zero-order valence-corrected chi connectivity index (χ0v) is 20.2. The number of allylic oxidation sites excluding steroid dienone is 2. The second-order valence-electron chi connectivity index (χ2n) is 9.30. The number of aliphatic imine (C=N–C) groups is 1. The second-order valence-corrected chi connectivity index (χ2v) is 10.2. The van der Waals surface area contributed by atoms with Gasteiger partial charge in [0.15, 0.2) is 0 Å². The fourth-order valence-corrected chi connectivity index (χ4v) is 5.15. The lowest BCUT2D eigenvalue weighted by atomic mass is 9.86. The number of hydrogen-bond donors (Lipinski definition) is 2. The summed E-state index contributed by atoms with van der Waals surface area (Å²) < 4.78 is 3.51. The Morgan fingerprint density at radius 1 is 1.23 bits per heavy atom. The van der Waals surface area contributed by atoms with E-state index < -0.39 is 5.41 Å². The molecule has 0 aromatic heterocycles. The van der Waals surface area contributed by atoms with Gasteiger partial charge in [0, 0.05) is 23.1 Å². The zero-order valence-electron chi connectivity index (χ0n) is 19.3. The number of nitrogens with one attached hydrogen (secondary N) is 1. The average Bonchev–Trinajstić information content (AvgIpc) is 3.14. The molecule has 5 heteroatoms. The summed E-state index contributed by atoms with van der Waals surface area (Å²) in [6.07, 6.45) is 6.08. The predicted molar refractivity (Wildman–Crippen MR) is 132 cm³/mol. The fourth-order valence-electron chi connectivity index (χ4n) is 4.17. The summed E-state index contributed by atoms with van der Waals surface area (Å²) in [5, 5.41) is 9.94. The van der Waals surface area contributed by atoms with E-state index in [-0.39, 0.29) is 18.4 Å². The van der Waals surface area contributed by atoms with Crippen LogP contribution < -0.4 is 4.72 Å². The maximum absolute atomic E-state index is 13.1. The lowest BCUT2D eigenvalue weighted by Gasteiger charge is -2.24. The molecule has 1 aliphatic carbocycles. The molecule has 1 atom stereocenters. The van der Waals surface area contributed by atoms with Crippen LogP contribution in [0.3, 0.4) is 0 Å². The number of nitrogens with zero attached hydrogens (tertiary/aromatic N) is 1. The first-order valence-electron chi connectivity index (χ1n) is 11.0. The minimum Gasteiger partial charge on any atom is -0.396 e. The molecule has 1 aliphatic heterocycles. The summed E-state index contributed by atoms with van der Waals surface area (Å²) in [5.74, 6) is -0.200. The average molecular weight is 439 g/mol. The van der Waals surface area contributed by atoms with Gasteiger partial charge in [-0.3, -0.25) is 4.79 Å². The predicted octanol–water partition coefficient (Wildman–Crippen LogP) is 5.90. The Morgan fingerprint density at radius 2 is 1.84 bits per heavy atom. The molecule has 0 unspecified atom stereocenters. The van der Waals surface area contributed by atoms with Gasteiger partial charge in [0.2, 0.25) is 0 Å². The molecule has 1 amide bonds. The summed E-state index contributed by atoms with van der Waals surface area (Å²) >= 11 is 1.45. The van der Waals surface area contributed by atoms with Gasteiger partial charge in [-0.1, -0.05) is 30.7 Å². The van der Waals surface area contributed by atoms with E-state index in [9.17, 15) is 9.90 Å². The number of amides is 1. The van der Waals surface area contributed by atoms with Crippen LogP contribution in [0.1, 0.15) is 63.1 Å². The van der Waals surface area contributed by atoms with Gasteiger partial charge in [-0.15, -0.1) is 0 Å². The monoisotopic (exact) mass is 438 g/mol. The van der Waals surface area contributed by atoms with Crippen molar-refractivity contribution in [2.75, 3.05) is 6.61 Å². The van der Waals surface area contributed by atoms with E-state index in [1.54, 1.807) is 0 Å². The van der Waals surface area contributed by atoms with Gasteiger partial charge in [-0.05, 0) is 100 Å². The van der Waals surface area contributed by atoms with Crippen molar-refractivity contribution in [2.45, 2.75) is 60.3 Å². The molecule has 1 saturated carbocycles. The molecule has 1 heterocycles. The number of carbonyl (C=O) groups is 1. The summed E-state index contributed by atoms with van der Waals surface area (Å²) in [4.78, 5) is 18.4. The molecule has 2 aliphatic rings. The second kappa shape index (κ2) is 9.58. The minimum atomic E-state index is -0.762. The third-order valence-corrected chi connectivity index (χ3v) is 7.21. The number of aliphatic hydroxyl groups excluding tert-OH is 1. The summed E-state index contributed by atoms with van der Waals surface area (Å²) in [7, 11) is 0. The SMILES string of the molecule is C=C1C=C(C(C)(C)C(=O)N=C2CCCC2)SNC(c2cc(C)cc(C)c2)=C1[C@H](C)CO. The molecule has 0 radical (unpaired) electrons. The van der Waals surface area contributed by atoms with Crippen LogP contribution in [-0.4, -0.2) is 23.3 Å². The van der Waals surface area contributed by atoms with Crippen LogP contribution in [0, 0.1) is 25.2 Å². The molecule has 1 fully saturated rings. The Balaban J connectivity index is 1.99. The van der Waals surface area contributed by atoms with Crippen molar-refractivity contribution in [1.29, 1.82) is 0 Å². The Labute approximate surface area is 190 Å². The van der Waals surface area contributed by atoms with Crippen molar-refractivity contribution in [2.24, 2.45) is 16.3 Å². The van der Waals surface area contributed by atoms with E-state index in [1.807, 2.05) is 26.8 Å². The van der Waals surface area contributed by atoms with Gasteiger partial charge in [0.05, 0.1) is 11.1 Å². The lowest BCUT2D eigenvalue weighted by Crippen LogP contribution is -2.26. The Kier molecular flexibility index (Phi) is 7.28. The van der Waals surface area contributed by atoms with Crippen LogP contribution in [0.4, 0.5) is 0 Å². The van der Waals surface area contributed by atoms with E-state index in [4.69, 9.17) is 0 Å². The smallest absolute Gasteiger partial charge is 0.256 e. The maximum Gasteiger partial charge on any atom is 0.256 e. The molecule has 0 saturated heterocycles. The van der Waals surface area contributed by atoms with Crippen molar-refractivity contribution in [3.8, 4) is 0 Å². The maximum atomic E-state index is 13.1. The highest BCUT2D eigenvalue weighted by Crippen LogP contribution is 2.42. The molecule has 4 nitrogen and oxygen atoms in total. The van der Waals surface area contributed by atoms with Crippen LogP contribution in [0.25, 0.3) is 5.70 Å². The van der Waals surface area contributed by atoms with E-state index in [1.165, 1.54) is 23.1 Å². The van der Waals surface area contributed by atoms with Gasteiger partial charge < -0.3 is 9.83 Å². The molecular weight excluding hydrogens is 404 g/mol. The van der Waals surface area contributed by atoms with E-state index in [0.717, 1.165) is 58.7 Å². The lowest BCUT2D eigenvalue weighted by molar-refractivity contribution is -0.123. The zero-order chi connectivity index (χ0) is 22.8. The first kappa shape index (κ1) is 23.6. The number of benzene rings is 1. The molecule has 2 N–H and O–H groups in total. The minimum absolute atomic E-state index is 0.0220. The largest absolute Gasteiger partial charge is 0.396 e. The first-order chi connectivity index (χ1) is 14.6. The number of carbonyl (C=O) groups excluding carboxylic acids is 1. The highest BCUT2D eigenvalue weighted by molar-refractivity contribution is 8.01. The highest BCUT2D eigenvalue weighted by Gasteiger charge is 2.35. The van der Waals surface area contributed by atoms with Crippen LogP contribution in [0.5, 0.6) is 0 Å². The number of rotatable bonds is 5. The summed E-state index contributed by atoms with van der Waals surface area (Å²) in [5.41, 5.74) is 6.41. The number of aryl methyl sites for hydroxylation is 2. The Bertz CT molecular complexity index is 957. The van der Waals surface area contributed by atoms with Crippen LogP contribution >= 0.6 is 11.9 Å². The normalized spacial score (nSPS) is 18.5. The van der Waals surface area contributed by atoms with E-state index >= 15 is 0 Å². The van der Waals surface area contributed by atoms with Crippen molar-refractivity contribution in [3.05, 3.63) is 63.6 Å². The van der Waals surface area contributed by atoms with Gasteiger partial charge in [-0.25, -0.2) is 4.99 Å². The molecule has 166 valence electrons. The third-order valence-electron chi connectivity index (χ3n) is 6.05.